The molecule has 106 valence electrons. The Labute approximate surface area is 118 Å². The maximum Gasteiger partial charge on any atom is 0.0233 e. The van der Waals surface area contributed by atoms with Crippen LogP contribution in [0.15, 0.2) is 24.3 Å². The van der Waals surface area contributed by atoms with Crippen LogP contribution in [0, 0.1) is 0 Å². The number of rotatable bonds is 9. The molecule has 1 fully saturated rings. The summed E-state index contributed by atoms with van der Waals surface area (Å²) in [6.45, 7) is 8.99. The van der Waals surface area contributed by atoms with Crippen molar-refractivity contribution in [2.75, 3.05) is 13.1 Å². The van der Waals surface area contributed by atoms with E-state index in [-0.39, 0.29) is 0 Å². The van der Waals surface area contributed by atoms with Crippen molar-refractivity contribution in [2.24, 2.45) is 0 Å². The normalized spacial score (nSPS) is 15.1. The maximum atomic E-state index is 3.56. The van der Waals surface area contributed by atoms with Gasteiger partial charge in [-0.25, -0.2) is 0 Å². The Bertz CT molecular complexity index is 354. The molecule has 2 heteroatoms. The second-order valence-electron chi connectivity index (χ2n) is 5.69. The average Bonchev–Trinajstić information content (AvgIpc) is 3.26. The van der Waals surface area contributed by atoms with Crippen molar-refractivity contribution in [3.8, 4) is 0 Å². The molecule has 1 aromatic carbocycles. The van der Waals surface area contributed by atoms with Gasteiger partial charge in [-0.3, -0.25) is 4.90 Å². The molecule has 2 rings (SSSR count). The van der Waals surface area contributed by atoms with Gasteiger partial charge in [-0.1, -0.05) is 44.5 Å². The molecule has 0 heterocycles. The van der Waals surface area contributed by atoms with Crippen LogP contribution in [0.2, 0.25) is 0 Å². The van der Waals surface area contributed by atoms with Crippen LogP contribution in [-0.4, -0.2) is 24.0 Å². The van der Waals surface area contributed by atoms with Crippen molar-refractivity contribution in [1.82, 2.24) is 10.2 Å². The molecule has 19 heavy (non-hydrogen) atoms. The van der Waals surface area contributed by atoms with Gasteiger partial charge in [-0.15, -0.1) is 0 Å². The van der Waals surface area contributed by atoms with Crippen molar-refractivity contribution in [1.29, 1.82) is 0 Å². The zero-order valence-electron chi connectivity index (χ0n) is 12.5. The summed E-state index contributed by atoms with van der Waals surface area (Å²) in [6.07, 6.45) is 5.31. The third kappa shape index (κ3) is 5.33. The minimum Gasteiger partial charge on any atom is -0.310 e. The van der Waals surface area contributed by atoms with Gasteiger partial charge in [0.25, 0.3) is 0 Å². The van der Waals surface area contributed by atoms with E-state index in [0.717, 1.165) is 25.7 Å². The highest BCUT2D eigenvalue weighted by Gasteiger charge is 2.19. The molecule has 1 N–H and O–H groups in total. The van der Waals surface area contributed by atoms with Gasteiger partial charge in [0.2, 0.25) is 0 Å². The Balaban J connectivity index is 1.78. The molecule has 0 radical (unpaired) electrons. The summed E-state index contributed by atoms with van der Waals surface area (Å²) in [7, 11) is 0. The Kier molecular flexibility index (Phi) is 5.87. The molecule has 0 saturated heterocycles. The molecular weight excluding hydrogens is 232 g/mol. The highest BCUT2D eigenvalue weighted by atomic mass is 15.1. The lowest BCUT2D eigenvalue weighted by atomic mass is 10.1. The van der Waals surface area contributed by atoms with E-state index in [1.165, 1.54) is 43.4 Å². The summed E-state index contributed by atoms with van der Waals surface area (Å²) in [4.78, 5) is 2.53. The monoisotopic (exact) mass is 260 g/mol. The van der Waals surface area contributed by atoms with E-state index in [4.69, 9.17) is 0 Å². The Morgan fingerprint density at radius 3 is 2.37 bits per heavy atom. The molecule has 0 unspecified atom stereocenters. The summed E-state index contributed by atoms with van der Waals surface area (Å²) in [5.74, 6) is 0. The van der Waals surface area contributed by atoms with Gasteiger partial charge in [0.1, 0.15) is 0 Å². The number of unbranched alkanes of at least 4 members (excludes halogenated alkanes) is 1. The summed E-state index contributed by atoms with van der Waals surface area (Å²) in [5.41, 5.74) is 2.85. The van der Waals surface area contributed by atoms with Gasteiger partial charge in [0, 0.05) is 19.1 Å². The van der Waals surface area contributed by atoms with Crippen molar-refractivity contribution >= 4 is 0 Å². The van der Waals surface area contributed by atoms with Crippen LogP contribution < -0.4 is 5.32 Å². The second kappa shape index (κ2) is 7.66. The van der Waals surface area contributed by atoms with Crippen molar-refractivity contribution < 1.29 is 0 Å². The van der Waals surface area contributed by atoms with Crippen molar-refractivity contribution in [2.45, 2.75) is 58.7 Å². The van der Waals surface area contributed by atoms with E-state index in [1.807, 2.05) is 0 Å². The molecule has 2 nitrogen and oxygen atoms in total. The zero-order valence-corrected chi connectivity index (χ0v) is 12.5. The van der Waals surface area contributed by atoms with Crippen molar-refractivity contribution in [3.63, 3.8) is 0 Å². The first-order valence-electron chi connectivity index (χ1n) is 7.85. The molecule has 1 aliphatic rings. The van der Waals surface area contributed by atoms with Gasteiger partial charge in [0.05, 0.1) is 0 Å². The molecule has 0 bridgehead atoms. The summed E-state index contributed by atoms with van der Waals surface area (Å²) in [6, 6.07) is 9.93. The van der Waals surface area contributed by atoms with Crippen LogP contribution >= 0.6 is 0 Å². The fraction of sp³-hybridized carbons (Fsp3) is 0.647. The zero-order chi connectivity index (χ0) is 13.5. The second-order valence-corrected chi connectivity index (χ2v) is 5.69. The highest BCUT2D eigenvalue weighted by molar-refractivity contribution is 5.22. The predicted molar refractivity (Wildman–Crippen MR) is 82.2 cm³/mol. The first-order chi connectivity index (χ1) is 9.31. The number of benzene rings is 1. The van der Waals surface area contributed by atoms with E-state index in [1.54, 1.807) is 0 Å². The molecule has 1 aromatic rings. The van der Waals surface area contributed by atoms with Crippen molar-refractivity contribution in [3.05, 3.63) is 35.4 Å². The number of hydrogen-bond donors (Lipinski definition) is 1. The smallest absolute Gasteiger partial charge is 0.0233 e. The fourth-order valence-electron chi connectivity index (χ4n) is 2.30. The molecule has 0 amide bonds. The number of nitrogens with one attached hydrogen (secondary N) is 1. The first kappa shape index (κ1) is 14.5. The number of hydrogen-bond acceptors (Lipinski definition) is 2. The topological polar surface area (TPSA) is 15.3 Å². The van der Waals surface area contributed by atoms with Crippen LogP contribution in [0.1, 0.15) is 50.7 Å². The maximum absolute atomic E-state index is 3.56. The minimum atomic E-state index is 0.796. The summed E-state index contributed by atoms with van der Waals surface area (Å²) in [5, 5.41) is 3.56. The molecule has 0 spiro atoms. The third-order valence-electron chi connectivity index (χ3n) is 3.88. The molecule has 0 aliphatic heterocycles. The lowest BCUT2D eigenvalue weighted by Gasteiger charge is -2.20. The van der Waals surface area contributed by atoms with Crippen LogP contribution in [0.25, 0.3) is 0 Å². The van der Waals surface area contributed by atoms with E-state index >= 15 is 0 Å². The van der Waals surface area contributed by atoms with Crippen LogP contribution in [0.5, 0.6) is 0 Å². The lowest BCUT2D eigenvalue weighted by molar-refractivity contribution is 0.275. The quantitative estimate of drug-likeness (QED) is 0.730. The standard InChI is InChI=1S/C17H28N2/c1-3-5-12-19(4-2)14-16-8-6-15(7-9-16)13-18-17-10-11-17/h6-9,17-18H,3-5,10-14H2,1-2H3. The van der Waals surface area contributed by atoms with Crippen LogP contribution in [-0.2, 0) is 13.1 Å². The van der Waals surface area contributed by atoms with Gasteiger partial charge in [0.15, 0.2) is 0 Å². The molecule has 0 aromatic heterocycles. The third-order valence-corrected chi connectivity index (χ3v) is 3.88. The Morgan fingerprint density at radius 1 is 1.11 bits per heavy atom. The van der Waals surface area contributed by atoms with E-state index < -0.39 is 0 Å². The predicted octanol–water partition coefficient (Wildman–Crippen LogP) is 3.56. The Morgan fingerprint density at radius 2 is 1.79 bits per heavy atom. The van der Waals surface area contributed by atoms with E-state index in [0.29, 0.717) is 0 Å². The van der Waals surface area contributed by atoms with Crippen LogP contribution in [0.4, 0.5) is 0 Å². The lowest BCUT2D eigenvalue weighted by Crippen LogP contribution is -2.23. The fourth-order valence-corrected chi connectivity index (χ4v) is 2.30. The van der Waals surface area contributed by atoms with E-state index in [9.17, 15) is 0 Å². The molecule has 1 saturated carbocycles. The van der Waals surface area contributed by atoms with E-state index in [2.05, 4.69) is 48.3 Å². The average molecular weight is 260 g/mol. The highest BCUT2D eigenvalue weighted by Crippen LogP contribution is 2.19. The molecule has 0 atom stereocenters. The summed E-state index contributed by atoms with van der Waals surface area (Å²) >= 11 is 0. The molecular formula is C17H28N2. The van der Waals surface area contributed by atoms with Crippen LogP contribution in [0.3, 0.4) is 0 Å². The van der Waals surface area contributed by atoms with Gasteiger partial charge < -0.3 is 5.32 Å². The largest absolute Gasteiger partial charge is 0.310 e. The minimum absolute atomic E-state index is 0.796. The Hall–Kier alpha value is -0.860. The first-order valence-corrected chi connectivity index (χ1v) is 7.85. The number of nitrogens with zero attached hydrogens (tertiary/aromatic N) is 1. The molecule has 1 aliphatic carbocycles. The van der Waals surface area contributed by atoms with Gasteiger partial charge in [-0.05, 0) is 43.5 Å². The summed E-state index contributed by atoms with van der Waals surface area (Å²) < 4.78 is 0. The van der Waals surface area contributed by atoms with Gasteiger partial charge in [-0.2, -0.15) is 0 Å². The van der Waals surface area contributed by atoms with Gasteiger partial charge >= 0.3 is 0 Å². The SMILES string of the molecule is CCCCN(CC)Cc1ccc(CNC2CC2)cc1.